The first-order valence-corrected chi connectivity index (χ1v) is 13.7. The number of hydrogen-bond acceptors (Lipinski definition) is 7. The van der Waals surface area contributed by atoms with Gasteiger partial charge >= 0.3 is 0 Å². The number of likely N-dealkylation sites (tertiary alicyclic amines) is 1. The largest absolute Gasteiger partial charge is 0.490 e. The summed E-state index contributed by atoms with van der Waals surface area (Å²) in [5.74, 6) is 1.62. The maximum absolute atomic E-state index is 13.7. The van der Waals surface area contributed by atoms with Crippen LogP contribution in [0.25, 0.3) is 10.9 Å². The molecule has 3 aliphatic rings. The minimum atomic E-state index is -0.634. The smallest absolute Gasteiger partial charge is 0.254 e. The Balaban J connectivity index is 1.20. The molecule has 10 nitrogen and oxygen atoms in total. The summed E-state index contributed by atoms with van der Waals surface area (Å²) in [7, 11) is 1.64. The van der Waals surface area contributed by atoms with Crippen molar-refractivity contribution in [2.75, 3.05) is 33.4 Å². The second-order valence-corrected chi connectivity index (χ2v) is 10.7. The van der Waals surface area contributed by atoms with Crippen LogP contribution in [0.1, 0.15) is 64.4 Å². The number of aliphatic imine (C=N–C) groups is 1. The number of ether oxygens (including phenoxy) is 2. The fourth-order valence-electron chi connectivity index (χ4n) is 5.84. The van der Waals surface area contributed by atoms with Gasteiger partial charge in [-0.2, -0.15) is 5.10 Å². The van der Waals surface area contributed by atoms with Crippen LogP contribution >= 0.6 is 0 Å². The van der Waals surface area contributed by atoms with Gasteiger partial charge in [-0.1, -0.05) is 0 Å². The number of piperidine rings is 1. The number of aromatic nitrogens is 1. The van der Waals surface area contributed by atoms with Gasteiger partial charge in [-0.15, -0.1) is 0 Å². The predicted octanol–water partition coefficient (Wildman–Crippen LogP) is 3.57. The number of nitrogens with zero attached hydrogens (tertiary/aromatic N) is 4. The average Bonchev–Trinajstić information content (AvgIpc) is 3.72. The van der Waals surface area contributed by atoms with Gasteiger partial charge < -0.3 is 24.0 Å². The quantitative estimate of drug-likeness (QED) is 0.267. The third-order valence-corrected chi connectivity index (χ3v) is 8.07. The molecule has 1 aliphatic carbocycles. The maximum atomic E-state index is 13.7. The molecule has 10 heteroatoms. The van der Waals surface area contributed by atoms with Crippen molar-refractivity contribution in [2.45, 2.75) is 43.7 Å². The number of aliphatic hydroxyl groups is 1. The lowest BCUT2D eigenvalue weighted by atomic mass is 9.82. The fraction of sp³-hybridized carbons (Fsp3) is 0.400. The number of ketones is 1. The van der Waals surface area contributed by atoms with Crippen molar-refractivity contribution in [1.29, 1.82) is 0 Å². The summed E-state index contributed by atoms with van der Waals surface area (Å²) in [6.45, 7) is 4.46. The first kappa shape index (κ1) is 26.1. The molecule has 1 saturated heterocycles. The Labute approximate surface area is 232 Å². The summed E-state index contributed by atoms with van der Waals surface area (Å²) in [4.78, 5) is 32.9. The van der Waals surface area contributed by atoms with E-state index in [9.17, 15) is 14.7 Å². The predicted molar refractivity (Wildman–Crippen MR) is 152 cm³/mol. The highest BCUT2D eigenvalue weighted by Crippen LogP contribution is 2.42. The van der Waals surface area contributed by atoms with E-state index in [1.165, 1.54) is 0 Å². The highest BCUT2D eigenvalue weighted by Gasteiger charge is 2.44. The molecular formula is C30H33N5O5. The number of Topliss-reactive ketones (excluding diaryl/α,β-unsaturated/α-hetero) is 1. The van der Waals surface area contributed by atoms with Gasteiger partial charge in [0.15, 0.2) is 5.78 Å². The van der Waals surface area contributed by atoms with E-state index in [1.807, 2.05) is 29.3 Å². The number of benzene rings is 2. The molecule has 2 aromatic carbocycles. The Morgan fingerprint density at radius 3 is 2.70 bits per heavy atom. The lowest BCUT2D eigenvalue weighted by Crippen LogP contribution is -2.52. The van der Waals surface area contributed by atoms with E-state index in [2.05, 4.69) is 26.8 Å². The number of amides is 1. The highest BCUT2D eigenvalue weighted by molar-refractivity contribution is 6.05. The van der Waals surface area contributed by atoms with E-state index in [0.717, 1.165) is 29.3 Å². The number of fused-ring (bicyclic) bond motifs is 2. The second-order valence-electron chi connectivity index (χ2n) is 10.7. The zero-order valence-electron chi connectivity index (χ0n) is 22.6. The molecule has 1 aromatic heterocycles. The Morgan fingerprint density at radius 1 is 1.20 bits per heavy atom. The van der Waals surface area contributed by atoms with Crippen molar-refractivity contribution >= 4 is 35.1 Å². The van der Waals surface area contributed by atoms with Gasteiger partial charge in [0.2, 0.25) is 0 Å². The Hall–Kier alpha value is -4.18. The standard InChI is InChI=1S/C30H33N5O5/c1-31-28(33-32-2)19-3-6-26-23(15-19)25(37)18-30(40-26)8-11-34(12-9-30)29(38)20-16-24-22(27(17-20)39-14-13-36)7-10-35(24)21-4-5-21/h3,6-7,10,15-17,21,36H,2,4-5,8-9,11-14,18H2,1H3,(H,31,33). The van der Waals surface area contributed by atoms with Gasteiger partial charge in [0.1, 0.15) is 29.5 Å². The van der Waals surface area contributed by atoms with E-state index in [-0.39, 0.29) is 31.3 Å². The number of aliphatic hydroxyl groups excluding tert-OH is 1. The van der Waals surface area contributed by atoms with E-state index < -0.39 is 5.60 Å². The van der Waals surface area contributed by atoms with Crippen LogP contribution in [0.2, 0.25) is 0 Å². The van der Waals surface area contributed by atoms with E-state index >= 15 is 0 Å². The molecule has 1 saturated carbocycles. The lowest BCUT2D eigenvalue weighted by Gasteiger charge is -2.44. The van der Waals surface area contributed by atoms with Crippen LogP contribution in [0.5, 0.6) is 11.5 Å². The van der Waals surface area contributed by atoms with Crippen molar-refractivity contribution in [3.05, 3.63) is 59.3 Å². The number of hydrazone groups is 1. The Morgan fingerprint density at radius 2 is 2.00 bits per heavy atom. The number of carbonyl (C=O) groups is 2. The van der Waals surface area contributed by atoms with Gasteiger partial charge in [0.25, 0.3) is 5.91 Å². The number of hydrogen-bond donors (Lipinski definition) is 2. The number of rotatable bonds is 7. The van der Waals surface area contributed by atoms with E-state index in [1.54, 1.807) is 25.2 Å². The number of amidine groups is 1. The molecule has 0 atom stereocenters. The van der Waals surface area contributed by atoms with Gasteiger partial charge in [-0.3, -0.25) is 20.0 Å². The van der Waals surface area contributed by atoms with Gasteiger partial charge in [0, 0.05) is 68.4 Å². The second kappa shape index (κ2) is 10.4. The molecule has 3 heterocycles. The van der Waals surface area contributed by atoms with Gasteiger partial charge in [-0.05, 0) is 49.2 Å². The molecule has 0 radical (unpaired) electrons. The van der Waals surface area contributed by atoms with Crippen molar-refractivity contribution in [3.8, 4) is 11.5 Å². The van der Waals surface area contributed by atoms with Crippen molar-refractivity contribution in [2.24, 2.45) is 10.1 Å². The fourth-order valence-corrected chi connectivity index (χ4v) is 5.84. The third kappa shape index (κ3) is 4.72. The summed E-state index contributed by atoms with van der Waals surface area (Å²) in [6.07, 6.45) is 5.68. The molecule has 208 valence electrons. The summed E-state index contributed by atoms with van der Waals surface area (Å²) in [6, 6.07) is 11.6. The van der Waals surface area contributed by atoms with E-state index in [4.69, 9.17) is 9.47 Å². The van der Waals surface area contributed by atoms with Crippen LogP contribution in [0.15, 0.2) is 52.7 Å². The normalized spacial score (nSPS) is 18.4. The molecule has 40 heavy (non-hydrogen) atoms. The minimum absolute atomic E-state index is 0.0156. The lowest BCUT2D eigenvalue weighted by molar-refractivity contribution is -0.00572. The van der Waals surface area contributed by atoms with Crippen molar-refractivity contribution < 1.29 is 24.2 Å². The first-order chi connectivity index (χ1) is 19.4. The zero-order chi connectivity index (χ0) is 27.9. The van der Waals surface area contributed by atoms with Crippen LogP contribution < -0.4 is 14.9 Å². The van der Waals surface area contributed by atoms with Crippen LogP contribution in [0.4, 0.5) is 0 Å². The first-order valence-electron chi connectivity index (χ1n) is 13.7. The Kier molecular flexibility index (Phi) is 6.79. The zero-order valence-corrected chi connectivity index (χ0v) is 22.6. The molecule has 1 amide bonds. The maximum Gasteiger partial charge on any atom is 0.254 e. The molecule has 0 bridgehead atoms. The van der Waals surface area contributed by atoms with Crippen LogP contribution in [0.3, 0.4) is 0 Å². The molecule has 1 spiro atoms. The summed E-state index contributed by atoms with van der Waals surface area (Å²) < 4.78 is 14.5. The van der Waals surface area contributed by atoms with E-state index in [0.29, 0.717) is 60.4 Å². The van der Waals surface area contributed by atoms with Crippen LogP contribution in [-0.4, -0.2) is 77.8 Å². The third-order valence-electron chi connectivity index (χ3n) is 8.07. The van der Waals surface area contributed by atoms with Crippen LogP contribution in [-0.2, 0) is 0 Å². The van der Waals surface area contributed by atoms with Gasteiger partial charge in [-0.25, -0.2) is 0 Å². The molecule has 2 fully saturated rings. The van der Waals surface area contributed by atoms with Crippen molar-refractivity contribution in [3.63, 3.8) is 0 Å². The topological polar surface area (TPSA) is 118 Å². The van der Waals surface area contributed by atoms with Gasteiger partial charge in [0.05, 0.1) is 24.1 Å². The molecule has 2 N–H and O–H groups in total. The summed E-state index contributed by atoms with van der Waals surface area (Å²) in [5, 5.41) is 13.9. The molecule has 2 aliphatic heterocycles. The number of nitrogens with one attached hydrogen (secondary N) is 1. The van der Waals surface area contributed by atoms with Crippen molar-refractivity contribution in [1.82, 2.24) is 14.9 Å². The highest BCUT2D eigenvalue weighted by atomic mass is 16.5. The summed E-state index contributed by atoms with van der Waals surface area (Å²) >= 11 is 0. The Bertz CT molecular complexity index is 1510. The molecule has 3 aromatic rings. The SMILES string of the molecule is C=NNC(=NC)c1ccc2c(c1)C(=O)CC1(CCN(C(=O)c3cc(OCCO)c4ccn(C5CC5)c4c3)CC1)O2. The monoisotopic (exact) mass is 543 g/mol. The van der Waals surface area contributed by atoms with Crippen LogP contribution in [0, 0.1) is 0 Å². The molecule has 0 unspecified atom stereocenters. The number of carbonyl (C=O) groups excluding carboxylic acids is 2. The minimum Gasteiger partial charge on any atom is -0.490 e. The summed E-state index contributed by atoms with van der Waals surface area (Å²) in [5.41, 5.74) is 4.90. The molecular weight excluding hydrogens is 510 g/mol. The molecule has 6 rings (SSSR count). The average molecular weight is 544 g/mol.